The van der Waals surface area contributed by atoms with Gasteiger partial charge in [-0.25, -0.2) is 4.39 Å². The molecule has 1 aliphatic rings. The van der Waals surface area contributed by atoms with E-state index < -0.39 is 0 Å². The molecule has 5 nitrogen and oxygen atoms in total. The summed E-state index contributed by atoms with van der Waals surface area (Å²) in [5.41, 5.74) is 5.72. The van der Waals surface area contributed by atoms with Gasteiger partial charge in [0, 0.05) is 30.6 Å². The van der Waals surface area contributed by atoms with Crippen LogP contribution >= 0.6 is 0 Å². The van der Waals surface area contributed by atoms with Crippen molar-refractivity contribution >= 4 is 5.91 Å². The molecule has 0 spiro atoms. The lowest BCUT2D eigenvalue weighted by molar-refractivity contribution is -0.116. The first-order valence-corrected chi connectivity index (χ1v) is 8.58. The molecule has 0 aromatic heterocycles. The number of nitrogens with two attached hydrogens (primary N) is 1. The molecular weight excluding hydrogens is 321 g/mol. The van der Waals surface area contributed by atoms with Crippen molar-refractivity contribution in [2.75, 3.05) is 19.7 Å². The highest BCUT2D eigenvalue weighted by Gasteiger charge is 2.24. The predicted octanol–water partition coefficient (Wildman–Crippen LogP) is 2.55. The second-order valence-corrected chi connectivity index (χ2v) is 6.12. The van der Waals surface area contributed by atoms with E-state index in [1.807, 2.05) is 0 Å². The summed E-state index contributed by atoms with van der Waals surface area (Å²) < 4.78 is 19.2. The Kier molecular flexibility index (Phi) is 7.47. The third kappa shape index (κ3) is 5.90. The van der Waals surface area contributed by atoms with Crippen molar-refractivity contribution in [3.8, 4) is 5.75 Å². The van der Waals surface area contributed by atoms with Crippen molar-refractivity contribution in [3.05, 3.63) is 54.6 Å². The van der Waals surface area contributed by atoms with E-state index in [1.54, 1.807) is 18.2 Å². The van der Waals surface area contributed by atoms with E-state index in [-0.39, 0.29) is 17.5 Å². The number of carbonyl (C=O) groups is 1. The van der Waals surface area contributed by atoms with Crippen LogP contribution in [0.25, 0.3) is 0 Å². The van der Waals surface area contributed by atoms with Crippen LogP contribution in [0.2, 0.25) is 0 Å². The van der Waals surface area contributed by atoms with E-state index in [1.165, 1.54) is 18.5 Å². The number of hydrogen-bond acceptors (Lipinski definition) is 4. The summed E-state index contributed by atoms with van der Waals surface area (Å²) in [4.78, 5) is 14.2. The summed E-state index contributed by atoms with van der Waals surface area (Å²) >= 11 is 0. The molecule has 3 N–H and O–H groups in total. The molecule has 1 saturated heterocycles. The van der Waals surface area contributed by atoms with Gasteiger partial charge in [-0.15, -0.1) is 0 Å². The molecule has 0 saturated carbocycles. The zero-order valence-corrected chi connectivity index (χ0v) is 14.4. The minimum Gasteiger partial charge on any atom is -0.490 e. The van der Waals surface area contributed by atoms with Gasteiger partial charge in [0.15, 0.2) is 11.6 Å². The summed E-state index contributed by atoms with van der Waals surface area (Å²) in [6, 6.07) is 6.71. The standard InChI is InChI=1S/C19H26FN3O2/c1-15(19(24)22-11-10-21)14-23-12-5-4-6-16(23)9-13-25-18-8-3-2-7-17(18)20/h2-3,7-8,10-11,16H,1,4-6,9,12-14,21H2,(H,22,24)/b11-10-. The van der Waals surface area contributed by atoms with Gasteiger partial charge in [-0.2, -0.15) is 0 Å². The van der Waals surface area contributed by atoms with E-state index in [9.17, 15) is 9.18 Å². The van der Waals surface area contributed by atoms with Gasteiger partial charge in [0.05, 0.1) is 6.61 Å². The first-order chi connectivity index (χ1) is 12.1. The van der Waals surface area contributed by atoms with Gasteiger partial charge in [-0.1, -0.05) is 25.1 Å². The van der Waals surface area contributed by atoms with Gasteiger partial charge in [0.25, 0.3) is 5.91 Å². The molecule has 0 aliphatic carbocycles. The Morgan fingerprint density at radius 3 is 3.00 bits per heavy atom. The summed E-state index contributed by atoms with van der Waals surface area (Å²) in [5, 5.41) is 2.57. The summed E-state index contributed by atoms with van der Waals surface area (Å²) in [6.07, 6.45) is 6.74. The Bertz CT molecular complexity index is 618. The van der Waals surface area contributed by atoms with E-state index in [0.29, 0.717) is 24.8 Å². The van der Waals surface area contributed by atoms with Crippen LogP contribution in [0.5, 0.6) is 5.75 Å². The van der Waals surface area contributed by atoms with E-state index >= 15 is 0 Å². The molecule has 2 rings (SSSR count). The van der Waals surface area contributed by atoms with Crippen molar-refractivity contribution in [1.29, 1.82) is 0 Å². The van der Waals surface area contributed by atoms with E-state index in [0.717, 1.165) is 32.2 Å². The molecule has 1 amide bonds. The first-order valence-electron chi connectivity index (χ1n) is 8.58. The fourth-order valence-electron chi connectivity index (χ4n) is 3.00. The van der Waals surface area contributed by atoms with Crippen molar-refractivity contribution < 1.29 is 13.9 Å². The van der Waals surface area contributed by atoms with E-state index in [4.69, 9.17) is 10.5 Å². The lowest BCUT2D eigenvalue weighted by atomic mass is 9.99. The molecule has 6 heteroatoms. The van der Waals surface area contributed by atoms with Crippen LogP contribution in [0.1, 0.15) is 25.7 Å². The number of hydrogen-bond donors (Lipinski definition) is 2. The quantitative estimate of drug-likeness (QED) is 0.709. The highest BCUT2D eigenvalue weighted by molar-refractivity contribution is 5.93. The third-order valence-electron chi connectivity index (χ3n) is 4.32. The fraction of sp³-hybridized carbons (Fsp3) is 0.421. The largest absolute Gasteiger partial charge is 0.490 e. The number of carbonyl (C=O) groups excluding carboxylic acids is 1. The molecule has 1 aliphatic heterocycles. The molecular formula is C19H26FN3O2. The number of benzene rings is 1. The van der Waals surface area contributed by atoms with Gasteiger partial charge >= 0.3 is 0 Å². The minimum absolute atomic E-state index is 0.228. The maximum absolute atomic E-state index is 13.6. The number of nitrogens with one attached hydrogen (secondary N) is 1. The number of nitrogens with zero attached hydrogens (tertiary/aromatic N) is 1. The average Bonchev–Trinajstić information content (AvgIpc) is 2.62. The Hall–Kier alpha value is -2.34. The normalized spacial score (nSPS) is 18.2. The highest BCUT2D eigenvalue weighted by atomic mass is 19.1. The summed E-state index contributed by atoms with van der Waals surface area (Å²) in [5.74, 6) is -0.295. The van der Waals surface area contributed by atoms with Crippen molar-refractivity contribution in [2.24, 2.45) is 5.73 Å². The Morgan fingerprint density at radius 2 is 2.24 bits per heavy atom. The molecule has 1 aromatic carbocycles. The number of ether oxygens (including phenoxy) is 1. The number of amides is 1. The third-order valence-corrected chi connectivity index (χ3v) is 4.32. The maximum Gasteiger partial charge on any atom is 0.251 e. The van der Waals surface area contributed by atoms with Crippen LogP contribution < -0.4 is 15.8 Å². The zero-order valence-electron chi connectivity index (χ0n) is 14.4. The van der Waals surface area contributed by atoms with Crippen LogP contribution in [0, 0.1) is 5.82 Å². The SMILES string of the molecule is C=C(CN1CCCCC1CCOc1ccccc1F)C(=O)N/C=C\N. The Labute approximate surface area is 148 Å². The average molecular weight is 347 g/mol. The Balaban J connectivity index is 1.84. The minimum atomic E-state index is -0.346. The van der Waals surface area contributed by atoms with Crippen LogP contribution in [0.4, 0.5) is 4.39 Å². The van der Waals surface area contributed by atoms with Gasteiger partial charge in [-0.05, 0) is 37.9 Å². The van der Waals surface area contributed by atoms with Gasteiger partial charge in [0.1, 0.15) is 0 Å². The summed E-state index contributed by atoms with van der Waals surface area (Å²) in [6.45, 7) is 5.74. The van der Waals surface area contributed by atoms with Crippen LogP contribution in [-0.4, -0.2) is 36.5 Å². The van der Waals surface area contributed by atoms with Gasteiger partial charge in [0.2, 0.25) is 0 Å². The number of likely N-dealkylation sites (tertiary alicyclic amines) is 1. The number of para-hydroxylation sites is 1. The second-order valence-electron chi connectivity index (χ2n) is 6.12. The Morgan fingerprint density at radius 1 is 1.44 bits per heavy atom. The van der Waals surface area contributed by atoms with E-state index in [2.05, 4.69) is 16.8 Å². The molecule has 0 bridgehead atoms. The van der Waals surface area contributed by atoms with Crippen molar-refractivity contribution in [3.63, 3.8) is 0 Å². The highest BCUT2D eigenvalue weighted by Crippen LogP contribution is 2.22. The molecule has 1 fully saturated rings. The van der Waals surface area contributed by atoms with Gasteiger partial charge < -0.3 is 15.8 Å². The summed E-state index contributed by atoms with van der Waals surface area (Å²) in [7, 11) is 0. The molecule has 1 atom stereocenters. The van der Waals surface area contributed by atoms with Gasteiger partial charge in [-0.3, -0.25) is 9.69 Å². The zero-order chi connectivity index (χ0) is 18.1. The van der Waals surface area contributed by atoms with Crippen LogP contribution in [0.3, 0.4) is 0 Å². The van der Waals surface area contributed by atoms with Crippen molar-refractivity contribution in [1.82, 2.24) is 10.2 Å². The predicted molar refractivity (Wildman–Crippen MR) is 96.3 cm³/mol. The first kappa shape index (κ1) is 19.0. The maximum atomic E-state index is 13.6. The lowest BCUT2D eigenvalue weighted by Crippen LogP contribution is -2.42. The molecule has 136 valence electrons. The topological polar surface area (TPSA) is 67.6 Å². The monoisotopic (exact) mass is 347 g/mol. The molecule has 25 heavy (non-hydrogen) atoms. The molecule has 1 unspecified atom stereocenters. The number of halogens is 1. The van der Waals surface area contributed by atoms with Crippen LogP contribution in [0.15, 0.2) is 48.8 Å². The molecule has 0 radical (unpaired) electrons. The van der Waals surface area contributed by atoms with Crippen molar-refractivity contribution in [2.45, 2.75) is 31.7 Å². The lowest BCUT2D eigenvalue weighted by Gasteiger charge is -2.36. The molecule has 1 aromatic rings. The second kappa shape index (κ2) is 9.84. The number of rotatable bonds is 8. The fourth-order valence-corrected chi connectivity index (χ4v) is 3.00. The number of piperidine rings is 1. The van der Waals surface area contributed by atoms with Crippen LogP contribution in [-0.2, 0) is 4.79 Å². The molecule has 1 heterocycles. The smallest absolute Gasteiger partial charge is 0.251 e.